The Labute approximate surface area is 121 Å². The van der Waals surface area contributed by atoms with Gasteiger partial charge < -0.3 is 24.8 Å². The van der Waals surface area contributed by atoms with Crippen molar-refractivity contribution in [2.24, 2.45) is 0 Å². The fourth-order valence-electron chi connectivity index (χ4n) is 2.20. The Balaban J connectivity index is 2.19. The number of hydrogen-bond donors (Lipinski definition) is 3. The fraction of sp³-hybridized carbons (Fsp3) is 0.867. The van der Waals surface area contributed by atoms with Crippen LogP contribution in [0.4, 0.5) is 0 Å². The third-order valence-electron chi connectivity index (χ3n) is 3.47. The molecule has 0 radical (unpaired) electrons. The Hall–Kier alpha value is -0.460. The Morgan fingerprint density at radius 2 is 1.90 bits per heavy atom. The van der Waals surface area contributed by atoms with Crippen molar-refractivity contribution in [2.75, 3.05) is 19.8 Å². The molecule has 1 fully saturated rings. The predicted molar refractivity (Wildman–Crippen MR) is 76.5 cm³/mol. The first-order valence-electron chi connectivity index (χ1n) is 7.55. The van der Waals surface area contributed by atoms with Gasteiger partial charge in [0.05, 0.1) is 13.2 Å². The molecule has 0 saturated carbocycles. The summed E-state index contributed by atoms with van der Waals surface area (Å²) >= 11 is 0. The zero-order valence-corrected chi connectivity index (χ0v) is 12.3. The lowest BCUT2D eigenvalue weighted by atomic mass is 10.0. The molecule has 0 spiro atoms. The van der Waals surface area contributed by atoms with Crippen molar-refractivity contribution in [1.82, 2.24) is 0 Å². The summed E-state index contributed by atoms with van der Waals surface area (Å²) in [6.07, 6.45) is 6.48. The van der Waals surface area contributed by atoms with Crippen molar-refractivity contribution >= 4 is 0 Å². The maximum absolute atomic E-state index is 9.86. The Bertz CT molecular complexity index is 267. The molecule has 118 valence electrons. The molecule has 0 aromatic heterocycles. The molecule has 0 aliphatic carbocycles. The molecule has 20 heavy (non-hydrogen) atoms. The number of ether oxygens (including phenoxy) is 2. The van der Waals surface area contributed by atoms with Gasteiger partial charge in [-0.1, -0.05) is 31.9 Å². The molecule has 4 atom stereocenters. The van der Waals surface area contributed by atoms with E-state index in [9.17, 15) is 15.3 Å². The molecule has 1 aliphatic heterocycles. The smallest absolute Gasteiger partial charge is 0.114 e. The molecule has 0 amide bonds. The van der Waals surface area contributed by atoms with Crippen LogP contribution in [0.25, 0.3) is 0 Å². The highest BCUT2D eigenvalue weighted by Gasteiger charge is 2.39. The van der Waals surface area contributed by atoms with E-state index in [4.69, 9.17) is 9.47 Å². The van der Waals surface area contributed by atoms with Gasteiger partial charge in [0, 0.05) is 6.61 Å². The Kier molecular flexibility index (Phi) is 9.05. The average Bonchev–Trinajstić information content (AvgIpc) is 2.46. The van der Waals surface area contributed by atoms with Gasteiger partial charge in [-0.2, -0.15) is 0 Å². The van der Waals surface area contributed by atoms with E-state index in [1.165, 1.54) is 12.8 Å². The second-order valence-corrected chi connectivity index (χ2v) is 5.20. The second kappa shape index (κ2) is 10.3. The summed E-state index contributed by atoms with van der Waals surface area (Å²) in [4.78, 5) is 0. The monoisotopic (exact) mass is 288 g/mol. The molecule has 1 heterocycles. The number of allylic oxidation sites excluding steroid dienone is 2. The lowest BCUT2D eigenvalue weighted by Crippen LogP contribution is -2.55. The molecule has 1 saturated heterocycles. The van der Waals surface area contributed by atoms with Crippen LogP contribution < -0.4 is 0 Å². The van der Waals surface area contributed by atoms with E-state index in [0.717, 1.165) is 19.3 Å². The van der Waals surface area contributed by atoms with Gasteiger partial charge in [-0.25, -0.2) is 0 Å². The maximum atomic E-state index is 9.86. The van der Waals surface area contributed by atoms with Crippen molar-refractivity contribution in [3.8, 4) is 0 Å². The number of hydrogen-bond acceptors (Lipinski definition) is 5. The average molecular weight is 288 g/mol. The highest BCUT2D eigenvalue weighted by Crippen LogP contribution is 2.19. The fourth-order valence-corrected chi connectivity index (χ4v) is 2.20. The molecule has 5 heteroatoms. The summed E-state index contributed by atoms with van der Waals surface area (Å²) in [5.74, 6) is 0. The van der Waals surface area contributed by atoms with Gasteiger partial charge in [-0.05, 0) is 19.3 Å². The molecule has 5 nitrogen and oxygen atoms in total. The van der Waals surface area contributed by atoms with Crippen LogP contribution in [0, 0.1) is 0 Å². The minimum Gasteiger partial charge on any atom is -0.394 e. The van der Waals surface area contributed by atoms with E-state index in [2.05, 4.69) is 19.1 Å². The van der Waals surface area contributed by atoms with Crippen LogP contribution in [0.1, 0.15) is 39.0 Å². The number of rotatable bonds is 9. The van der Waals surface area contributed by atoms with Gasteiger partial charge in [0.2, 0.25) is 0 Å². The van der Waals surface area contributed by atoms with Gasteiger partial charge >= 0.3 is 0 Å². The van der Waals surface area contributed by atoms with Gasteiger partial charge in [-0.15, -0.1) is 0 Å². The van der Waals surface area contributed by atoms with E-state index in [1.54, 1.807) is 0 Å². The normalized spacial score (nSPS) is 31.0. The third kappa shape index (κ3) is 5.89. The number of aliphatic hydroxyl groups is 3. The highest BCUT2D eigenvalue weighted by molar-refractivity contribution is 4.88. The van der Waals surface area contributed by atoms with Crippen LogP contribution >= 0.6 is 0 Å². The van der Waals surface area contributed by atoms with Crippen molar-refractivity contribution in [1.29, 1.82) is 0 Å². The first kappa shape index (κ1) is 17.6. The summed E-state index contributed by atoms with van der Waals surface area (Å²) in [5, 5.41) is 28.6. The zero-order chi connectivity index (χ0) is 14.8. The standard InChI is InChI=1S/C15H28O5/c1-2-3-4-5-6-7-8-9-19-15-13(10-16)20-11-12(17)14(15)18/h5-6,12-18H,2-4,7-11H2,1H3/b6-5+/t12-,13+,14+,15+/m0/s1. The summed E-state index contributed by atoms with van der Waals surface area (Å²) < 4.78 is 10.8. The number of unbranched alkanes of at least 4 members (excludes halogenated alkanes) is 3. The van der Waals surface area contributed by atoms with Crippen LogP contribution in [-0.2, 0) is 9.47 Å². The van der Waals surface area contributed by atoms with Crippen molar-refractivity contribution < 1.29 is 24.8 Å². The minimum atomic E-state index is -0.999. The van der Waals surface area contributed by atoms with Crippen LogP contribution in [0.5, 0.6) is 0 Å². The summed E-state index contributed by atoms with van der Waals surface area (Å²) in [6.45, 7) is 2.47. The van der Waals surface area contributed by atoms with Crippen molar-refractivity contribution in [3.05, 3.63) is 12.2 Å². The first-order valence-corrected chi connectivity index (χ1v) is 7.55. The molecule has 0 aromatic rings. The van der Waals surface area contributed by atoms with E-state index < -0.39 is 24.4 Å². The van der Waals surface area contributed by atoms with E-state index in [-0.39, 0.29) is 13.2 Å². The molecular weight excluding hydrogens is 260 g/mol. The Morgan fingerprint density at radius 1 is 1.20 bits per heavy atom. The second-order valence-electron chi connectivity index (χ2n) is 5.20. The zero-order valence-electron chi connectivity index (χ0n) is 12.3. The van der Waals surface area contributed by atoms with Crippen molar-refractivity contribution in [3.63, 3.8) is 0 Å². The van der Waals surface area contributed by atoms with Gasteiger partial charge in [0.15, 0.2) is 0 Å². The highest BCUT2D eigenvalue weighted by atomic mass is 16.6. The quantitative estimate of drug-likeness (QED) is 0.436. The summed E-state index contributed by atoms with van der Waals surface area (Å²) in [5.41, 5.74) is 0. The molecule has 3 N–H and O–H groups in total. The summed E-state index contributed by atoms with van der Waals surface area (Å²) in [6, 6.07) is 0. The predicted octanol–water partition coefficient (Wildman–Crippen LogP) is 1.01. The largest absolute Gasteiger partial charge is 0.394 e. The van der Waals surface area contributed by atoms with E-state index in [0.29, 0.717) is 6.61 Å². The lowest BCUT2D eigenvalue weighted by Gasteiger charge is -2.37. The Morgan fingerprint density at radius 3 is 2.55 bits per heavy atom. The van der Waals surface area contributed by atoms with Crippen LogP contribution in [0.2, 0.25) is 0 Å². The summed E-state index contributed by atoms with van der Waals surface area (Å²) in [7, 11) is 0. The van der Waals surface area contributed by atoms with Crippen LogP contribution in [0.15, 0.2) is 12.2 Å². The topological polar surface area (TPSA) is 79.2 Å². The van der Waals surface area contributed by atoms with Crippen LogP contribution in [-0.4, -0.2) is 59.6 Å². The van der Waals surface area contributed by atoms with Gasteiger partial charge in [0.25, 0.3) is 0 Å². The maximum Gasteiger partial charge on any atom is 0.114 e. The molecule has 0 unspecified atom stereocenters. The minimum absolute atomic E-state index is 0.0341. The first-order chi connectivity index (χ1) is 9.70. The van der Waals surface area contributed by atoms with Crippen LogP contribution in [0.3, 0.4) is 0 Å². The van der Waals surface area contributed by atoms with Gasteiger partial charge in [0.1, 0.15) is 24.4 Å². The van der Waals surface area contributed by atoms with Crippen molar-refractivity contribution in [2.45, 2.75) is 63.4 Å². The molecule has 0 aromatic carbocycles. The lowest BCUT2D eigenvalue weighted by molar-refractivity contribution is -0.211. The van der Waals surface area contributed by atoms with E-state index in [1.807, 2.05) is 0 Å². The molecule has 1 aliphatic rings. The number of aliphatic hydroxyl groups excluding tert-OH is 3. The molecule has 1 rings (SSSR count). The SMILES string of the molecule is CCCC/C=C/CCCO[C@H]1[C@H](O)[C@@H](O)CO[C@@H]1CO. The molecular formula is C15H28O5. The van der Waals surface area contributed by atoms with Gasteiger partial charge in [-0.3, -0.25) is 0 Å². The van der Waals surface area contributed by atoms with E-state index >= 15 is 0 Å². The molecule has 0 bridgehead atoms. The third-order valence-corrected chi connectivity index (χ3v) is 3.47.